The predicted octanol–water partition coefficient (Wildman–Crippen LogP) is 1.24. The number of nitrogens with one attached hydrogen (secondary N) is 1. The Morgan fingerprint density at radius 3 is 3.07 bits per heavy atom. The summed E-state index contributed by atoms with van der Waals surface area (Å²) in [5.74, 6) is -0.565. The van der Waals surface area contributed by atoms with Crippen LogP contribution < -0.4 is 4.73 Å². The summed E-state index contributed by atoms with van der Waals surface area (Å²) in [5.41, 5.74) is 0.474. The number of halogens is 1. The molecule has 2 aromatic heterocycles. The fraction of sp³-hybridized carbons (Fsp3) is 0.111. The number of pyridine rings is 1. The van der Waals surface area contributed by atoms with Crippen LogP contribution >= 0.6 is 11.6 Å². The highest BCUT2D eigenvalue weighted by molar-refractivity contribution is 6.34. The second-order valence-corrected chi connectivity index (χ2v) is 3.32. The molecule has 6 heteroatoms. The van der Waals surface area contributed by atoms with Gasteiger partial charge < -0.3 is 9.94 Å². The van der Waals surface area contributed by atoms with Gasteiger partial charge in [-0.05, 0) is 6.07 Å². The van der Waals surface area contributed by atoms with Crippen LogP contribution in [0.5, 0.6) is 0 Å². The van der Waals surface area contributed by atoms with E-state index in [1.807, 2.05) is 0 Å². The number of aromatic nitrogens is 2. The molecule has 0 aliphatic heterocycles. The predicted molar refractivity (Wildman–Crippen MR) is 53.6 cm³/mol. The Labute approximate surface area is 89.8 Å². The highest BCUT2D eigenvalue weighted by Gasteiger charge is 2.20. The Morgan fingerprint density at radius 1 is 1.67 bits per heavy atom. The second kappa shape index (κ2) is 3.43. The number of ether oxygens (including phenoxy) is 1. The van der Waals surface area contributed by atoms with Crippen molar-refractivity contribution in [2.45, 2.75) is 0 Å². The number of hydrogen-bond acceptors (Lipinski definition) is 3. The van der Waals surface area contributed by atoms with Crippen LogP contribution in [0.3, 0.4) is 0 Å². The maximum absolute atomic E-state index is 11.4. The van der Waals surface area contributed by atoms with E-state index in [1.165, 1.54) is 7.11 Å². The van der Waals surface area contributed by atoms with Gasteiger partial charge >= 0.3 is 5.97 Å². The van der Waals surface area contributed by atoms with Gasteiger partial charge in [-0.25, -0.2) is 14.5 Å². The van der Waals surface area contributed by atoms with Crippen molar-refractivity contribution in [3.63, 3.8) is 0 Å². The zero-order chi connectivity index (χ0) is 11.0. The van der Waals surface area contributed by atoms with Gasteiger partial charge in [0, 0.05) is 0 Å². The van der Waals surface area contributed by atoms with Crippen LogP contribution in [0.4, 0.5) is 0 Å². The number of fused-ring (bicyclic) bond motifs is 1. The lowest BCUT2D eigenvalue weighted by Crippen LogP contribution is -2.28. The molecule has 0 aliphatic rings. The first-order chi connectivity index (χ1) is 7.15. The fourth-order valence-electron chi connectivity index (χ4n) is 1.41. The minimum absolute atomic E-state index is 0.0731. The number of H-pyrrole nitrogens is 1. The lowest BCUT2D eigenvalue weighted by atomic mass is 10.2. The highest BCUT2D eigenvalue weighted by atomic mass is 35.5. The van der Waals surface area contributed by atoms with E-state index >= 15 is 0 Å². The third-order valence-corrected chi connectivity index (χ3v) is 2.36. The van der Waals surface area contributed by atoms with Gasteiger partial charge in [-0.15, -0.1) is 0 Å². The van der Waals surface area contributed by atoms with Crippen molar-refractivity contribution in [1.29, 1.82) is 0 Å². The molecule has 0 fully saturated rings. The number of methoxy groups -OCH3 is 1. The van der Waals surface area contributed by atoms with E-state index in [4.69, 9.17) is 11.6 Å². The van der Waals surface area contributed by atoms with Crippen molar-refractivity contribution < 1.29 is 14.3 Å². The Balaban J connectivity index is 2.82. The average Bonchev–Trinajstić information content (AvgIpc) is 2.66. The van der Waals surface area contributed by atoms with E-state index in [1.54, 1.807) is 12.3 Å². The van der Waals surface area contributed by atoms with Gasteiger partial charge in [0.15, 0.2) is 0 Å². The van der Waals surface area contributed by atoms with E-state index in [-0.39, 0.29) is 16.2 Å². The maximum Gasteiger partial charge on any atom is 0.340 e. The van der Waals surface area contributed by atoms with Crippen LogP contribution in [0.2, 0.25) is 5.02 Å². The molecular formula is C9H7ClN2O3. The first-order valence-electron chi connectivity index (χ1n) is 4.12. The van der Waals surface area contributed by atoms with Gasteiger partial charge in [-0.3, -0.25) is 0 Å². The Kier molecular flexibility index (Phi) is 2.24. The van der Waals surface area contributed by atoms with Crippen molar-refractivity contribution in [1.82, 2.24) is 4.98 Å². The molecule has 0 spiro atoms. The summed E-state index contributed by atoms with van der Waals surface area (Å²) in [4.78, 5) is 14.1. The van der Waals surface area contributed by atoms with Crippen LogP contribution in [0, 0.1) is 5.21 Å². The van der Waals surface area contributed by atoms with Crippen LogP contribution in [0.25, 0.3) is 11.0 Å². The summed E-state index contributed by atoms with van der Waals surface area (Å²) in [7, 11) is 1.26. The molecule has 2 heterocycles. The molecule has 0 bridgehead atoms. The molecule has 2 aromatic rings. The zero-order valence-corrected chi connectivity index (χ0v) is 8.54. The van der Waals surface area contributed by atoms with E-state index < -0.39 is 5.97 Å². The van der Waals surface area contributed by atoms with Crippen LogP contribution in [0.1, 0.15) is 10.4 Å². The Morgan fingerprint density at radius 2 is 2.40 bits per heavy atom. The summed E-state index contributed by atoms with van der Waals surface area (Å²) in [6.45, 7) is 0. The van der Waals surface area contributed by atoms with Crippen molar-refractivity contribution in [3.8, 4) is 0 Å². The molecule has 0 radical (unpaired) electrons. The average molecular weight is 227 g/mol. The molecule has 0 unspecified atom stereocenters. The molecule has 0 amide bonds. The van der Waals surface area contributed by atoms with E-state index in [0.29, 0.717) is 10.1 Å². The number of aromatic amines is 1. The topological polar surface area (TPSA) is 69.0 Å². The summed E-state index contributed by atoms with van der Waals surface area (Å²) in [6, 6.07) is 1.60. The molecule has 0 saturated heterocycles. The SMILES string of the molecule is COC(=O)c1c(Cl)c[n+]([O-])c2[nH]ccc12. The van der Waals surface area contributed by atoms with Crippen molar-refractivity contribution >= 4 is 28.6 Å². The summed E-state index contributed by atoms with van der Waals surface area (Å²) < 4.78 is 5.16. The third-order valence-electron chi connectivity index (χ3n) is 2.07. The second-order valence-electron chi connectivity index (χ2n) is 2.91. The first kappa shape index (κ1) is 9.79. The molecule has 0 aliphatic carbocycles. The highest BCUT2D eigenvalue weighted by Crippen LogP contribution is 2.23. The maximum atomic E-state index is 11.4. The number of carbonyl (C=O) groups is 1. The largest absolute Gasteiger partial charge is 0.711 e. The number of esters is 1. The number of rotatable bonds is 1. The molecule has 0 saturated carbocycles. The van der Waals surface area contributed by atoms with Gasteiger partial charge in [-0.1, -0.05) is 11.6 Å². The fourth-order valence-corrected chi connectivity index (χ4v) is 1.68. The van der Waals surface area contributed by atoms with Gasteiger partial charge in [0.05, 0.1) is 29.3 Å². The van der Waals surface area contributed by atoms with Gasteiger partial charge in [0.25, 0.3) is 5.65 Å². The lowest BCUT2D eigenvalue weighted by molar-refractivity contribution is -0.578. The minimum Gasteiger partial charge on any atom is -0.711 e. The molecule has 2 rings (SSSR count). The number of hydrogen-bond donors (Lipinski definition) is 1. The number of nitrogens with zero attached hydrogens (tertiary/aromatic N) is 1. The van der Waals surface area contributed by atoms with Crippen molar-refractivity contribution in [2.24, 2.45) is 0 Å². The van der Waals surface area contributed by atoms with Gasteiger partial charge in [0.2, 0.25) is 0 Å². The zero-order valence-electron chi connectivity index (χ0n) is 7.78. The number of carbonyl (C=O) groups excluding carboxylic acids is 1. The van der Waals surface area contributed by atoms with Gasteiger partial charge in [0.1, 0.15) is 6.20 Å². The Hall–Kier alpha value is -1.75. The molecule has 1 N–H and O–H groups in total. The van der Waals surface area contributed by atoms with Crippen LogP contribution in [-0.4, -0.2) is 18.1 Å². The monoisotopic (exact) mass is 226 g/mol. The quantitative estimate of drug-likeness (QED) is 0.452. The van der Waals surface area contributed by atoms with E-state index in [9.17, 15) is 10.0 Å². The molecular weight excluding hydrogens is 220 g/mol. The van der Waals surface area contributed by atoms with Crippen molar-refractivity contribution in [2.75, 3.05) is 7.11 Å². The summed E-state index contributed by atoms with van der Waals surface area (Å²) in [6.07, 6.45) is 2.68. The third kappa shape index (κ3) is 1.41. The lowest BCUT2D eigenvalue weighted by Gasteiger charge is -2.07. The molecule has 0 atom stereocenters. The smallest absolute Gasteiger partial charge is 0.340 e. The van der Waals surface area contributed by atoms with Gasteiger partial charge in [-0.2, -0.15) is 0 Å². The summed E-state index contributed by atoms with van der Waals surface area (Å²) >= 11 is 5.80. The summed E-state index contributed by atoms with van der Waals surface area (Å²) in [5, 5.41) is 11.9. The van der Waals surface area contributed by atoms with Crippen LogP contribution in [-0.2, 0) is 4.74 Å². The minimum atomic E-state index is -0.565. The van der Waals surface area contributed by atoms with Crippen molar-refractivity contribution in [3.05, 3.63) is 34.3 Å². The standard InChI is InChI=1S/C9H7ClN2O3/c1-15-9(13)7-5-2-3-11-8(5)12(14)4-6(7)10/h2-4,11H,1H3. The Bertz CT molecular complexity index is 535. The van der Waals surface area contributed by atoms with Crippen LogP contribution in [0.15, 0.2) is 18.5 Å². The van der Waals surface area contributed by atoms with E-state index in [0.717, 1.165) is 6.20 Å². The molecule has 5 nitrogen and oxygen atoms in total. The normalized spacial score (nSPS) is 10.5. The molecule has 0 aromatic carbocycles. The molecule has 15 heavy (non-hydrogen) atoms. The van der Waals surface area contributed by atoms with E-state index in [2.05, 4.69) is 9.72 Å². The first-order valence-corrected chi connectivity index (χ1v) is 4.50. The molecule has 78 valence electrons.